The number of para-hydroxylation sites is 1. The van der Waals surface area contributed by atoms with Crippen molar-refractivity contribution in [1.29, 1.82) is 5.26 Å². The summed E-state index contributed by atoms with van der Waals surface area (Å²) in [6, 6.07) is 17.8. The summed E-state index contributed by atoms with van der Waals surface area (Å²) in [5.74, 6) is 0.651. The molecule has 1 heterocycles. The van der Waals surface area contributed by atoms with E-state index in [1.165, 1.54) is 5.56 Å². The molecule has 31 heavy (non-hydrogen) atoms. The van der Waals surface area contributed by atoms with Crippen LogP contribution in [0.25, 0.3) is 0 Å². The quantitative estimate of drug-likeness (QED) is 0.759. The monoisotopic (exact) mass is 414 g/mol. The average molecular weight is 415 g/mol. The molecule has 2 aromatic carbocycles. The number of rotatable bonds is 4. The zero-order valence-electron chi connectivity index (χ0n) is 18.1. The Hall–Kier alpha value is -3.52. The Balaban J connectivity index is 1.75. The molecule has 0 amide bonds. The predicted molar refractivity (Wildman–Crippen MR) is 118 cm³/mol. The highest BCUT2D eigenvalue weighted by Gasteiger charge is 2.43. The van der Waals surface area contributed by atoms with Crippen LogP contribution in [0.1, 0.15) is 49.3 Å². The number of carbonyl (C=O) groups excluding carboxylic acids is 1. The van der Waals surface area contributed by atoms with Gasteiger partial charge in [0.1, 0.15) is 29.8 Å². The van der Waals surface area contributed by atoms with Gasteiger partial charge in [-0.2, -0.15) is 5.26 Å². The maximum absolute atomic E-state index is 13.2. The van der Waals surface area contributed by atoms with E-state index >= 15 is 0 Å². The van der Waals surface area contributed by atoms with Crippen LogP contribution in [0.3, 0.4) is 0 Å². The van der Waals surface area contributed by atoms with Gasteiger partial charge in [-0.05, 0) is 24.0 Å². The molecule has 0 bridgehead atoms. The Kier molecular flexibility index (Phi) is 5.32. The van der Waals surface area contributed by atoms with Crippen molar-refractivity contribution in [2.75, 3.05) is 0 Å². The molecule has 2 N–H and O–H groups in total. The fraction of sp³-hybridized carbons (Fsp3) is 0.308. The number of hydrogen-bond acceptors (Lipinski definition) is 5. The molecule has 1 atom stereocenters. The van der Waals surface area contributed by atoms with E-state index in [-0.39, 0.29) is 22.7 Å². The van der Waals surface area contributed by atoms with Crippen LogP contribution in [-0.2, 0) is 16.1 Å². The number of aryl methyl sites for hydroxylation is 1. The first kappa shape index (κ1) is 20.7. The number of ketones is 1. The van der Waals surface area contributed by atoms with Crippen molar-refractivity contribution in [2.45, 2.75) is 46.1 Å². The van der Waals surface area contributed by atoms with E-state index in [1.807, 2.05) is 69.3 Å². The molecular formula is C26H26N2O3. The third kappa shape index (κ3) is 4.06. The molecule has 0 saturated heterocycles. The highest BCUT2D eigenvalue weighted by molar-refractivity contribution is 6.00. The lowest BCUT2D eigenvalue weighted by Crippen LogP contribution is -2.33. The van der Waals surface area contributed by atoms with Crippen molar-refractivity contribution in [1.82, 2.24) is 0 Å². The smallest absolute Gasteiger partial charge is 0.205 e. The molecule has 0 aromatic heterocycles. The Morgan fingerprint density at radius 1 is 1.16 bits per heavy atom. The van der Waals surface area contributed by atoms with Crippen LogP contribution in [0.15, 0.2) is 71.3 Å². The van der Waals surface area contributed by atoms with E-state index in [2.05, 4.69) is 6.07 Å². The van der Waals surface area contributed by atoms with Crippen LogP contribution in [-0.4, -0.2) is 5.78 Å². The Morgan fingerprint density at radius 2 is 1.87 bits per heavy atom. The molecule has 0 radical (unpaired) electrons. The zero-order chi connectivity index (χ0) is 22.2. The topological polar surface area (TPSA) is 85.3 Å². The van der Waals surface area contributed by atoms with Crippen LogP contribution in [0, 0.1) is 23.7 Å². The van der Waals surface area contributed by atoms with Gasteiger partial charge in [0.2, 0.25) is 5.88 Å². The molecule has 5 nitrogen and oxygen atoms in total. The van der Waals surface area contributed by atoms with Gasteiger partial charge in [0, 0.05) is 24.0 Å². The fourth-order valence-electron chi connectivity index (χ4n) is 4.29. The third-order valence-corrected chi connectivity index (χ3v) is 5.82. The number of ether oxygens (including phenoxy) is 2. The zero-order valence-corrected chi connectivity index (χ0v) is 18.1. The summed E-state index contributed by atoms with van der Waals surface area (Å²) in [5.41, 5.74) is 9.67. The van der Waals surface area contributed by atoms with Gasteiger partial charge < -0.3 is 15.2 Å². The Bertz CT molecular complexity index is 1130. The number of Topliss-reactive ketones (excluding diaryl/α,β-unsaturated/α-hetero) is 1. The molecule has 1 aliphatic heterocycles. The van der Waals surface area contributed by atoms with E-state index < -0.39 is 5.92 Å². The molecule has 2 aliphatic rings. The minimum atomic E-state index is -0.591. The number of allylic oxidation sites excluding steroid dienone is 3. The minimum Gasteiger partial charge on any atom is -0.489 e. The first-order valence-corrected chi connectivity index (χ1v) is 10.4. The van der Waals surface area contributed by atoms with Gasteiger partial charge >= 0.3 is 0 Å². The number of hydrogen-bond donors (Lipinski definition) is 1. The van der Waals surface area contributed by atoms with Gasteiger partial charge in [-0.3, -0.25) is 4.79 Å². The number of nitrogens with two attached hydrogens (primary N) is 1. The lowest BCUT2D eigenvalue weighted by atomic mass is 9.70. The van der Waals surface area contributed by atoms with Gasteiger partial charge in [-0.1, -0.05) is 61.9 Å². The van der Waals surface area contributed by atoms with E-state index in [1.54, 1.807) is 0 Å². The van der Waals surface area contributed by atoms with Crippen LogP contribution < -0.4 is 10.5 Å². The number of benzene rings is 2. The van der Waals surface area contributed by atoms with Crippen LogP contribution >= 0.6 is 0 Å². The molecular weight excluding hydrogens is 388 g/mol. The molecule has 158 valence electrons. The Labute approximate surface area is 182 Å². The minimum absolute atomic E-state index is 0.00941. The highest BCUT2D eigenvalue weighted by atomic mass is 16.5. The second-order valence-electron chi connectivity index (χ2n) is 9.01. The summed E-state index contributed by atoms with van der Waals surface area (Å²) >= 11 is 0. The standard InChI is InChI=1S/C26H26N2O3/c1-16-8-10-17(11-9-16)15-30-21-7-5-4-6-18(21)23-19(14-27)25(28)31-22-13-26(2,3)12-20(29)24(22)23/h4-11,23H,12-13,15,28H2,1-3H3/t23-/m1/s1. The molecule has 4 rings (SSSR count). The summed E-state index contributed by atoms with van der Waals surface area (Å²) in [7, 11) is 0. The van der Waals surface area contributed by atoms with Crippen LogP contribution in [0.4, 0.5) is 0 Å². The average Bonchev–Trinajstić information content (AvgIpc) is 2.71. The van der Waals surface area contributed by atoms with Crippen molar-refractivity contribution in [3.63, 3.8) is 0 Å². The van der Waals surface area contributed by atoms with E-state index in [9.17, 15) is 10.1 Å². The molecule has 0 saturated carbocycles. The second-order valence-corrected chi connectivity index (χ2v) is 9.01. The van der Waals surface area contributed by atoms with Crippen LogP contribution in [0.5, 0.6) is 5.75 Å². The van der Waals surface area contributed by atoms with Gasteiger partial charge in [0.15, 0.2) is 5.78 Å². The largest absolute Gasteiger partial charge is 0.489 e. The number of carbonyl (C=O) groups is 1. The lowest BCUT2D eigenvalue weighted by molar-refractivity contribution is -0.119. The third-order valence-electron chi connectivity index (χ3n) is 5.82. The SMILES string of the molecule is Cc1ccc(COc2ccccc2[C@@H]2C(C#N)=C(N)OC3=C2C(=O)CC(C)(C)C3)cc1. The van der Waals surface area contributed by atoms with Crippen molar-refractivity contribution >= 4 is 5.78 Å². The molecule has 0 fully saturated rings. The van der Waals surface area contributed by atoms with E-state index in [0.717, 1.165) is 11.1 Å². The molecule has 5 heteroatoms. The maximum Gasteiger partial charge on any atom is 0.205 e. The van der Waals surface area contributed by atoms with Crippen LogP contribution in [0.2, 0.25) is 0 Å². The summed E-state index contributed by atoms with van der Waals surface area (Å²) in [6.45, 7) is 6.49. The maximum atomic E-state index is 13.2. The van der Waals surface area contributed by atoms with Gasteiger partial charge in [-0.25, -0.2) is 0 Å². The van der Waals surface area contributed by atoms with E-state index in [0.29, 0.717) is 36.5 Å². The van der Waals surface area contributed by atoms with Crippen molar-refractivity contribution in [3.8, 4) is 11.8 Å². The summed E-state index contributed by atoms with van der Waals surface area (Å²) in [4.78, 5) is 13.2. The summed E-state index contributed by atoms with van der Waals surface area (Å²) in [6.07, 6.45) is 0.993. The lowest BCUT2D eigenvalue weighted by Gasteiger charge is -2.37. The van der Waals surface area contributed by atoms with Crippen molar-refractivity contribution in [2.24, 2.45) is 11.1 Å². The predicted octanol–water partition coefficient (Wildman–Crippen LogP) is 5.02. The molecule has 2 aromatic rings. The van der Waals surface area contributed by atoms with Crippen molar-refractivity contribution in [3.05, 3.63) is 88.0 Å². The van der Waals surface area contributed by atoms with Gasteiger partial charge in [0.25, 0.3) is 0 Å². The number of nitrogens with zero attached hydrogens (tertiary/aromatic N) is 1. The van der Waals surface area contributed by atoms with E-state index in [4.69, 9.17) is 15.2 Å². The molecule has 0 spiro atoms. The highest BCUT2D eigenvalue weighted by Crippen LogP contribution is 2.49. The second kappa shape index (κ2) is 7.96. The summed E-state index contributed by atoms with van der Waals surface area (Å²) in [5, 5.41) is 9.85. The number of nitriles is 1. The van der Waals surface area contributed by atoms with Crippen molar-refractivity contribution < 1.29 is 14.3 Å². The first-order valence-electron chi connectivity index (χ1n) is 10.4. The molecule has 0 unspecified atom stereocenters. The van der Waals surface area contributed by atoms with Gasteiger partial charge in [0.05, 0.1) is 5.92 Å². The Morgan fingerprint density at radius 3 is 2.58 bits per heavy atom. The molecule has 1 aliphatic carbocycles. The summed E-state index contributed by atoms with van der Waals surface area (Å²) < 4.78 is 11.9. The first-order chi connectivity index (χ1) is 14.8. The normalized spacial score (nSPS) is 20.1. The fourth-order valence-corrected chi connectivity index (χ4v) is 4.29. The van der Waals surface area contributed by atoms with Gasteiger partial charge in [-0.15, -0.1) is 0 Å².